The number of phenolic OH excluding ortho intramolecular Hbond substituents is 1. The molecule has 118 valence electrons. The molecule has 0 radical (unpaired) electrons. The lowest BCUT2D eigenvalue weighted by atomic mass is 10.2. The maximum atomic E-state index is 12.1. The zero-order valence-electron chi connectivity index (χ0n) is 12.3. The van der Waals surface area contributed by atoms with Crippen LogP contribution in [0.3, 0.4) is 0 Å². The molecule has 21 heavy (non-hydrogen) atoms. The number of carbonyl (C=O) groups excluding carboxylic acids is 1. The smallest absolute Gasteiger partial charge is 0.341 e. The number of carbonyl (C=O) groups is 1. The summed E-state index contributed by atoms with van der Waals surface area (Å²) in [6.45, 7) is 3.60. The number of hydrogen-bond donors (Lipinski definition) is 2. The highest BCUT2D eigenvalue weighted by Crippen LogP contribution is 2.21. The Labute approximate surface area is 124 Å². The fraction of sp³-hybridized carbons (Fsp3) is 0.462. The highest BCUT2D eigenvalue weighted by molar-refractivity contribution is 7.89. The molecule has 0 bridgehead atoms. The van der Waals surface area contributed by atoms with Crippen LogP contribution in [0.2, 0.25) is 0 Å². The van der Waals surface area contributed by atoms with Gasteiger partial charge in [0.25, 0.3) is 0 Å². The fourth-order valence-corrected chi connectivity index (χ4v) is 2.61. The molecule has 0 aromatic heterocycles. The normalized spacial score (nSPS) is 11.6. The predicted octanol–water partition coefficient (Wildman–Crippen LogP) is 0.409. The van der Waals surface area contributed by atoms with Gasteiger partial charge in [-0.1, -0.05) is 6.92 Å². The molecule has 7 nitrogen and oxygen atoms in total. The molecule has 2 N–H and O–H groups in total. The third-order valence-corrected chi connectivity index (χ3v) is 4.47. The average molecular weight is 316 g/mol. The van der Waals surface area contributed by atoms with Crippen molar-refractivity contribution in [3.8, 4) is 5.75 Å². The molecule has 0 aliphatic heterocycles. The van der Waals surface area contributed by atoms with Crippen molar-refractivity contribution in [3.05, 3.63) is 23.8 Å². The summed E-state index contributed by atoms with van der Waals surface area (Å²) in [5.74, 6) is -1.12. The predicted molar refractivity (Wildman–Crippen MR) is 77.8 cm³/mol. The lowest BCUT2D eigenvalue weighted by molar-refractivity contribution is 0.0597. The number of sulfonamides is 1. The molecule has 0 heterocycles. The minimum absolute atomic E-state index is 0.0974. The number of likely N-dealkylation sites (N-methyl/N-ethyl adjacent to an activating group) is 1. The average Bonchev–Trinajstić information content (AvgIpc) is 2.46. The summed E-state index contributed by atoms with van der Waals surface area (Å²) in [6, 6.07) is 3.47. The summed E-state index contributed by atoms with van der Waals surface area (Å²) < 4.78 is 31.2. The van der Waals surface area contributed by atoms with E-state index < -0.39 is 16.0 Å². The van der Waals surface area contributed by atoms with E-state index in [-0.39, 0.29) is 22.8 Å². The minimum atomic E-state index is -3.74. The van der Waals surface area contributed by atoms with Crippen LogP contribution in [-0.4, -0.2) is 58.2 Å². The van der Waals surface area contributed by atoms with Crippen LogP contribution < -0.4 is 4.72 Å². The van der Waals surface area contributed by atoms with Crippen LogP contribution in [0.1, 0.15) is 17.3 Å². The number of benzene rings is 1. The molecular weight excluding hydrogens is 296 g/mol. The molecule has 1 aromatic carbocycles. The van der Waals surface area contributed by atoms with E-state index in [1.165, 1.54) is 6.07 Å². The number of aromatic hydroxyl groups is 1. The van der Waals surface area contributed by atoms with Gasteiger partial charge in [0.15, 0.2) is 0 Å². The van der Waals surface area contributed by atoms with Crippen molar-refractivity contribution in [1.82, 2.24) is 9.62 Å². The van der Waals surface area contributed by atoms with Crippen LogP contribution in [0.4, 0.5) is 0 Å². The number of ether oxygens (including phenoxy) is 1. The summed E-state index contributed by atoms with van der Waals surface area (Å²) in [5, 5.41) is 9.56. The van der Waals surface area contributed by atoms with Crippen LogP contribution in [0.25, 0.3) is 0 Å². The third kappa shape index (κ3) is 4.69. The second kappa shape index (κ2) is 7.39. The Morgan fingerprint density at radius 1 is 1.43 bits per heavy atom. The summed E-state index contributed by atoms with van der Waals surface area (Å²) in [6.07, 6.45) is 0. The maximum Gasteiger partial charge on any atom is 0.341 e. The van der Waals surface area contributed by atoms with Crippen molar-refractivity contribution in [2.45, 2.75) is 11.8 Å². The van der Waals surface area contributed by atoms with E-state index in [4.69, 9.17) is 0 Å². The maximum absolute atomic E-state index is 12.1. The van der Waals surface area contributed by atoms with Crippen molar-refractivity contribution < 1.29 is 23.1 Å². The molecule has 0 aliphatic rings. The number of phenols is 1. The third-order valence-electron chi connectivity index (χ3n) is 3.01. The molecule has 0 spiro atoms. The lowest BCUT2D eigenvalue weighted by Gasteiger charge is -2.14. The number of nitrogens with one attached hydrogen (secondary N) is 1. The quantitative estimate of drug-likeness (QED) is 0.707. The Morgan fingerprint density at radius 2 is 2.10 bits per heavy atom. The molecule has 1 aromatic rings. The Bertz CT molecular complexity index is 601. The Morgan fingerprint density at radius 3 is 2.67 bits per heavy atom. The first-order chi connectivity index (χ1) is 9.81. The van der Waals surface area contributed by atoms with E-state index in [1.807, 2.05) is 18.9 Å². The molecule has 0 unspecified atom stereocenters. The van der Waals surface area contributed by atoms with E-state index in [9.17, 15) is 18.3 Å². The van der Waals surface area contributed by atoms with E-state index in [0.29, 0.717) is 6.54 Å². The molecule has 0 fully saturated rings. The van der Waals surface area contributed by atoms with Crippen molar-refractivity contribution in [3.63, 3.8) is 0 Å². The SMILES string of the molecule is CCN(C)CCNS(=O)(=O)c1ccc(O)c(C(=O)OC)c1. The van der Waals surface area contributed by atoms with Gasteiger partial charge in [0.05, 0.1) is 12.0 Å². The molecule has 1 rings (SSSR count). The first kappa shape index (κ1) is 17.4. The number of methoxy groups -OCH3 is 1. The van der Waals surface area contributed by atoms with Gasteiger partial charge in [0.1, 0.15) is 11.3 Å². The van der Waals surface area contributed by atoms with Gasteiger partial charge in [-0.25, -0.2) is 17.9 Å². The van der Waals surface area contributed by atoms with E-state index in [0.717, 1.165) is 25.8 Å². The Balaban J connectivity index is 2.91. The van der Waals surface area contributed by atoms with Crippen LogP contribution >= 0.6 is 0 Å². The second-order valence-corrected chi connectivity index (χ2v) is 6.23. The van der Waals surface area contributed by atoms with E-state index >= 15 is 0 Å². The van der Waals surface area contributed by atoms with Crippen molar-refractivity contribution in [2.75, 3.05) is 33.8 Å². The summed E-state index contributed by atoms with van der Waals surface area (Å²) >= 11 is 0. The minimum Gasteiger partial charge on any atom is -0.507 e. The van der Waals surface area contributed by atoms with Crippen molar-refractivity contribution in [2.24, 2.45) is 0 Å². The van der Waals surface area contributed by atoms with Gasteiger partial charge < -0.3 is 14.7 Å². The van der Waals surface area contributed by atoms with E-state index in [2.05, 4.69) is 9.46 Å². The molecule has 0 amide bonds. The lowest BCUT2D eigenvalue weighted by Crippen LogP contribution is -2.33. The first-order valence-corrected chi connectivity index (χ1v) is 7.89. The monoisotopic (exact) mass is 316 g/mol. The highest BCUT2D eigenvalue weighted by atomic mass is 32.2. The van der Waals surface area contributed by atoms with E-state index in [1.54, 1.807) is 0 Å². The second-order valence-electron chi connectivity index (χ2n) is 4.46. The van der Waals surface area contributed by atoms with Crippen molar-refractivity contribution >= 4 is 16.0 Å². The zero-order chi connectivity index (χ0) is 16.0. The zero-order valence-corrected chi connectivity index (χ0v) is 13.1. The number of hydrogen-bond acceptors (Lipinski definition) is 6. The summed E-state index contributed by atoms with van der Waals surface area (Å²) in [4.78, 5) is 13.3. The Hall–Kier alpha value is -1.64. The van der Waals surface area contributed by atoms with Crippen molar-refractivity contribution in [1.29, 1.82) is 0 Å². The first-order valence-electron chi connectivity index (χ1n) is 6.41. The number of nitrogens with zero attached hydrogens (tertiary/aromatic N) is 1. The fourth-order valence-electron chi connectivity index (χ4n) is 1.57. The Kier molecular flexibility index (Phi) is 6.13. The van der Waals surface area contributed by atoms with Gasteiger partial charge in [-0.15, -0.1) is 0 Å². The number of esters is 1. The largest absolute Gasteiger partial charge is 0.507 e. The molecule has 8 heteroatoms. The molecule has 0 saturated carbocycles. The summed E-state index contributed by atoms with van der Waals surface area (Å²) in [7, 11) is -0.707. The van der Waals surface area contributed by atoms with Gasteiger partial charge in [0, 0.05) is 13.1 Å². The molecule has 0 saturated heterocycles. The van der Waals surface area contributed by atoms with Gasteiger partial charge >= 0.3 is 5.97 Å². The number of rotatable bonds is 7. The highest BCUT2D eigenvalue weighted by Gasteiger charge is 2.19. The van der Waals surface area contributed by atoms with Gasteiger partial charge in [0.2, 0.25) is 10.0 Å². The molecular formula is C13H20N2O5S. The van der Waals surface area contributed by atoms with Crippen LogP contribution in [0.5, 0.6) is 5.75 Å². The van der Waals surface area contributed by atoms with Gasteiger partial charge in [-0.3, -0.25) is 0 Å². The van der Waals surface area contributed by atoms with Gasteiger partial charge in [-0.05, 0) is 31.8 Å². The summed E-state index contributed by atoms with van der Waals surface area (Å²) in [5.41, 5.74) is -0.189. The standard InChI is InChI=1S/C13H20N2O5S/c1-4-15(2)8-7-14-21(18,19)10-5-6-12(16)11(9-10)13(17)20-3/h5-6,9,14,16H,4,7-8H2,1-3H3. The van der Waals surface area contributed by atoms with Crippen LogP contribution in [-0.2, 0) is 14.8 Å². The topological polar surface area (TPSA) is 95.9 Å². The van der Waals surface area contributed by atoms with Crippen LogP contribution in [0, 0.1) is 0 Å². The molecule has 0 aliphatic carbocycles. The molecule has 0 atom stereocenters. The van der Waals surface area contributed by atoms with Gasteiger partial charge in [-0.2, -0.15) is 0 Å². The van der Waals surface area contributed by atoms with Crippen LogP contribution in [0.15, 0.2) is 23.1 Å².